The first-order chi connectivity index (χ1) is 12.3. The number of anilines is 2. The van der Waals surface area contributed by atoms with Crippen LogP contribution in [-0.4, -0.2) is 22.6 Å². The summed E-state index contributed by atoms with van der Waals surface area (Å²) in [4.78, 5) is 12.0. The fourth-order valence-corrected chi connectivity index (χ4v) is 2.94. The highest BCUT2D eigenvalue weighted by molar-refractivity contribution is 5.91. The van der Waals surface area contributed by atoms with Crippen molar-refractivity contribution in [3.05, 3.63) is 59.7 Å². The summed E-state index contributed by atoms with van der Waals surface area (Å²) in [5.74, 6) is 1.12. The number of nitrogens with one attached hydrogen (secondary N) is 2. The van der Waals surface area contributed by atoms with E-state index < -0.39 is 0 Å². The largest absolute Gasteiger partial charge is 0.368 e. The van der Waals surface area contributed by atoms with Gasteiger partial charge in [-0.2, -0.15) is 0 Å². The molecule has 3 rings (SSSR count). The van der Waals surface area contributed by atoms with Crippen LogP contribution in [-0.2, 0) is 11.2 Å². The molecule has 5 nitrogen and oxygen atoms in total. The smallest absolute Gasteiger partial charge is 0.229 e. The molecule has 25 heavy (non-hydrogen) atoms. The van der Waals surface area contributed by atoms with E-state index in [1.807, 2.05) is 36.4 Å². The van der Waals surface area contributed by atoms with E-state index in [-0.39, 0.29) is 5.91 Å². The third kappa shape index (κ3) is 5.71. The first-order valence-corrected chi connectivity index (χ1v) is 8.89. The fraction of sp³-hybridized carbons (Fsp3) is 0.350. The Morgan fingerprint density at radius 2 is 1.80 bits per heavy atom. The number of aromatic nitrogens is 2. The summed E-state index contributed by atoms with van der Waals surface area (Å²) in [5.41, 5.74) is 2.51. The lowest BCUT2D eigenvalue weighted by atomic mass is 9.97. The van der Waals surface area contributed by atoms with Crippen molar-refractivity contribution in [2.75, 3.05) is 17.2 Å². The minimum Gasteiger partial charge on any atom is -0.368 e. The second kappa shape index (κ2) is 8.97. The van der Waals surface area contributed by atoms with Crippen molar-refractivity contribution in [2.45, 2.75) is 38.5 Å². The minimum atomic E-state index is -0.0922. The van der Waals surface area contributed by atoms with Gasteiger partial charge in [0.05, 0.1) is 6.42 Å². The molecule has 1 heterocycles. The molecule has 1 aliphatic carbocycles. The van der Waals surface area contributed by atoms with Gasteiger partial charge in [-0.25, -0.2) is 0 Å². The van der Waals surface area contributed by atoms with Crippen LogP contribution >= 0.6 is 0 Å². The van der Waals surface area contributed by atoms with Crippen LogP contribution in [0.2, 0.25) is 0 Å². The normalized spacial score (nSPS) is 13.8. The van der Waals surface area contributed by atoms with E-state index in [4.69, 9.17) is 0 Å². The van der Waals surface area contributed by atoms with Crippen molar-refractivity contribution < 1.29 is 4.79 Å². The Kier molecular flexibility index (Phi) is 6.15. The molecule has 1 aliphatic rings. The standard InChI is InChI=1S/C20H24N4O/c25-20(15-17-9-5-2-6-10-17)22-19-12-11-18(23-24-19)21-14-13-16-7-3-1-4-8-16/h2,5-7,9-12H,1,3-4,8,13-15H2,(H,21,23)(H,22,24,25). The molecule has 1 aromatic carbocycles. The summed E-state index contributed by atoms with van der Waals surface area (Å²) < 4.78 is 0. The van der Waals surface area contributed by atoms with E-state index in [1.165, 1.54) is 31.3 Å². The van der Waals surface area contributed by atoms with E-state index in [2.05, 4.69) is 26.9 Å². The van der Waals surface area contributed by atoms with E-state index in [9.17, 15) is 4.79 Å². The maximum atomic E-state index is 12.0. The predicted molar refractivity (Wildman–Crippen MR) is 100 cm³/mol. The van der Waals surface area contributed by atoms with Gasteiger partial charge in [0.15, 0.2) is 5.82 Å². The van der Waals surface area contributed by atoms with Crippen molar-refractivity contribution in [3.8, 4) is 0 Å². The van der Waals surface area contributed by atoms with Crippen LogP contribution in [0, 0.1) is 0 Å². The van der Waals surface area contributed by atoms with E-state index >= 15 is 0 Å². The van der Waals surface area contributed by atoms with E-state index in [1.54, 1.807) is 6.07 Å². The summed E-state index contributed by atoms with van der Waals surface area (Å²) in [6.07, 6.45) is 8.81. The first kappa shape index (κ1) is 17.1. The quantitative estimate of drug-likeness (QED) is 0.751. The third-order valence-electron chi connectivity index (χ3n) is 4.28. The van der Waals surface area contributed by atoms with Gasteiger partial charge in [-0.3, -0.25) is 4.79 Å². The monoisotopic (exact) mass is 336 g/mol. The molecule has 0 fully saturated rings. The SMILES string of the molecule is O=C(Cc1ccccc1)Nc1ccc(NCCC2=CCCCC2)nn1. The molecule has 0 saturated carbocycles. The fourth-order valence-electron chi connectivity index (χ4n) is 2.94. The van der Waals surface area contributed by atoms with Gasteiger partial charge in [0.1, 0.15) is 5.82 Å². The van der Waals surface area contributed by atoms with E-state index in [0.717, 1.165) is 24.3 Å². The maximum Gasteiger partial charge on any atom is 0.229 e. The Morgan fingerprint density at radius 1 is 1.00 bits per heavy atom. The number of hydrogen-bond donors (Lipinski definition) is 2. The lowest BCUT2D eigenvalue weighted by molar-refractivity contribution is -0.115. The van der Waals surface area contributed by atoms with Crippen molar-refractivity contribution in [1.82, 2.24) is 10.2 Å². The summed E-state index contributed by atoms with van der Waals surface area (Å²) in [6, 6.07) is 13.3. The lowest BCUT2D eigenvalue weighted by Crippen LogP contribution is -2.16. The van der Waals surface area contributed by atoms with Crippen LogP contribution in [0.5, 0.6) is 0 Å². The van der Waals surface area contributed by atoms with Crippen molar-refractivity contribution in [3.63, 3.8) is 0 Å². The molecule has 0 aliphatic heterocycles. The number of amides is 1. The zero-order valence-corrected chi connectivity index (χ0v) is 14.4. The van der Waals surface area contributed by atoms with Gasteiger partial charge in [-0.05, 0) is 49.8 Å². The second-order valence-corrected chi connectivity index (χ2v) is 6.30. The molecule has 0 radical (unpaired) electrons. The topological polar surface area (TPSA) is 66.9 Å². The molecule has 0 saturated heterocycles. The average molecular weight is 336 g/mol. The molecule has 1 amide bonds. The molecule has 5 heteroatoms. The van der Waals surface area contributed by atoms with Crippen LogP contribution in [0.3, 0.4) is 0 Å². The summed E-state index contributed by atoms with van der Waals surface area (Å²) in [7, 11) is 0. The molecule has 2 N–H and O–H groups in total. The number of benzene rings is 1. The van der Waals surface area contributed by atoms with Crippen LogP contribution in [0.25, 0.3) is 0 Å². The summed E-state index contributed by atoms with van der Waals surface area (Å²) in [5, 5.41) is 14.3. The maximum absolute atomic E-state index is 12.0. The molecular weight excluding hydrogens is 312 g/mol. The lowest BCUT2D eigenvalue weighted by Gasteiger charge is -2.13. The Labute approximate surface area is 148 Å². The Balaban J connectivity index is 1.43. The number of nitrogens with zero attached hydrogens (tertiary/aromatic N) is 2. The number of allylic oxidation sites excluding steroid dienone is 1. The van der Waals surface area contributed by atoms with Crippen molar-refractivity contribution >= 4 is 17.5 Å². The van der Waals surface area contributed by atoms with Gasteiger partial charge in [-0.15, -0.1) is 10.2 Å². The average Bonchev–Trinajstić information content (AvgIpc) is 2.65. The molecule has 1 aromatic heterocycles. The highest BCUT2D eigenvalue weighted by Gasteiger charge is 2.06. The zero-order valence-electron chi connectivity index (χ0n) is 14.4. The predicted octanol–water partition coefficient (Wildman–Crippen LogP) is 3.96. The first-order valence-electron chi connectivity index (χ1n) is 8.89. The number of carbonyl (C=O) groups is 1. The van der Waals surface area contributed by atoms with E-state index in [0.29, 0.717) is 12.2 Å². The number of rotatable bonds is 7. The van der Waals surface area contributed by atoms with Crippen LogP contribution in [0.1, 0.15) is 37.7 Å². The highest BCUT2D eigenvalue weighted by Crippen LogP contribution is 2.20. The Bertz CT molecular complexity index is 710. The molecule has 0 bridgehead atoms. The van der Waals surface area contributed by atoms with Crippen LogP contribution in [0.4, 0.5) is 11.6 Å². The summed E-state index contributed by atoms with van der Waals surface area (Å²) in [6.45, 7) is 0.861. The highest BCUT2D eigenvalue weighted by atomic mass is 16.1. The molecule has 2 aromatic rings. The molecule has 0 spiro atoms. The molecule has 130 valence electrons. The third-order valence-corrected chi connectivity index (χ3v) is 4.28. The van der Waals surface area contributed by atoms with Crippen molar-refractivity contribution in [1.29, 1.82) is 0 Å². The minimum absolute atomic E-state index is 0.0922. The van der Waals surface area contributed by atoms with Crippen LogP contribution < -0.4 is 10.6 Å². The van der Waals surface area contributed by atoms with Gasteiger partial charge in [0.2, 0.25) is 5.91 Å². The molecule has 0 unspecified atom stereocenters. The Hall–Kier alpha value is -2.69. The van der Waals surface area contributed by atoms with Gasteiger partial charge < -0.3 is 10.6 Å². The second-order valence-electron chi connectivity index (χ2n) is 6.30. The zero-order chi connectivity index (χ0) is 17.3. The van der Waals surface area contributed by atoms with Gasteiger partial charge in [0, 0.05) is 6.54 Å². The van der Waals surface area contributed by atoms with Crippen molar-refractivity contribution in [2.24, 2.45) is 0 Å². The Morgan fingerprint density at radius 3 is 2.52 bits per heavy atom. The van der Waals surface area contributed by atoms with Crippen LogP contribution in [0.15, 0.2) is 54.1 Å². The number of hydrogen-bond acceptors (Lipinski definition) is 4. The molecular formula is C20H24N4O. The number of carbonyl (C=O) groups excluding carboxylic acids is 1. The molecule has 0 atom stereocenters. The van der Waals surface area contributed by atoms with Gasteiger partial charge in [-0.1, -0.05) is 42.0 Å². The van der Waals surface area contributed by atoms with Gasteiger partial charge in [0.25, 0.3) is 0 Å². The summed E-state index contributed by atoms with van der Waals surface area (Å²) >= 11 is 0. The van der Waals surface area contributed by atoms with Gasteiger partial charge >= 0.3 is 0 Å².